The summed E-state index contributed by atoms with van der Waals surface area (Å²) in [5, 5.41) is 3.33. The highest BCUT2D eigenvalue weighted by Crippen LogP contribution is 2.42. The zero-order valence-electron chi connectivity index (χ0n) is 22.6. The summed E-state index contributed by atoms with van der Waals surface area (Å²) in [5.74, 6) is 0.357. The fourth-order valence-electron chi connectivity index (χ4n) is 5.31. The number of pyridine rings is 1. The average molecular weight is 505 g/mol. The fourth-order valence-corrected chi connectivity index (χ4v) is 6.34. The molecule has 0 bridgehead atoms. The zero-order chi connectivity index (χ0) is 26.1. The molecule has 37 heavy (non-hydrogen) atoms. The molecule has 0 N–H and O–H groups in total. The molecular weight excluding hydrogens is 472 g/mol. The number of thiazole rings is 1. The maximum Gasteiger partial charge on any atom is 0.162 e. The van der Waals surface area contributed by atoms with Crippen LogP contribution in [0.4, 0.5) is 0 Å². The van der Waals surface area contributed by atoms with Crippen molar-refractivity contribution >= 4 is 43.5 Å². The Balaban J connectivity index is 1.58. The summed E-state index contributed by atoms with van der Waals surface area (Å²) in [4.78, 5) is 10.0. The number of benzene rings is 3. The molecule has 3 aromatic heterocycles. The Morgan fingerprint density at radius 2 is 1.54 bits per heavy atom. The highest BCUT2D eigenvalue weighted by atomic mass is 32.1. The van der Waals surface area contributed by atoms with Crippen LogP contribution in [0.1, 0.15) is 62.2 Å². The van der Waals surface area contributed by atoms with Gasteiger partial charge in [-0.25, -0.2) is 4.98 Å². The topological polar surface area (TPSA) is 38.9 Å². The van der Waals surface area contributed by atoms with E-state index < -0.39 is 0 Å². The number of fused-ring (bicyclic) bond motifs is 5. The van der Waals surface area contributed by atoms with E-state index in [4.69, 9.17) is 14.4 Å². The summed E-state index contributed by atoms with van der Waals surface area (Å²) in [6, 6.07) is 19.5. The summed E-state index contributed by atoms with van der Waals surface area (Å²) < 4.78 is 7.80. The molecule has 0 spiro atoms. The van der Waals surface area contributed by atoms with Crippen LogP contribution in [0.2, 0.25) is 0 Å². The number of aromatic nitrogens is 2. The van der Waals surface area contributed by atoms with Gasteiger partial charge in [0, 0.05) is 33.5 Å². The SMILES string of the molecule is Cc1cccc(C)c1-c1cnc(-c2cccc3c2oc2c3ccc3sc(C(C)(C)C)nc32)cc1C(C)C. The van der Waals surface area contributed by atoms with Crippen molar-refractivity contribution in [2.24, 2.45) is 0 Å². The van der Waals surface area contributed by atoms with Crippen molar-refractivity contribution in [3.63, 3.8) is 0 Å². The van der Waals surface area contributed by atoms with E-state index in [2.05, 4.69) is 109 Å². The predicted molar refractivity (Wildman–Crippen MR) is 158 cm³/mol. The third-order valence-electron chi connectivity index (χ3n) is 7.25. The number of aryl methyl sites for hydroxylation is 2. The van der Waals surface area contributed by atoms with E-state index in [1.165, 1.54) is 27.8 Å². The van der Waals surface area contributed by atoms with E-state index >= 15 is 0 Å². The van der Waals surface area contributed by atoms with Crippen molar-refractivity contribution in [2.45, 2.75) is 59.8 Å². The van der Waals surface area contributed by atoms with E-state index in [-0.39, 0.29) is 5.41 Å². The Bertz CT molecular complexity index is 1790. The van der Waals surface area contributed by atoms with E-state index in [0.717, 1.165) is 48.4 Å². The minimum atomic E-state index is 0.00155. The largest absolute Gasteiger partial charge is 0.453 e. The number of nitrogens with zero attached hydrogens (tertiary/aromatic N) is 2. The van der Waals surface area contributed by atoms with Gasteiger partial charge in [0.25, 0.3) is 0 Å². The average Bonchev–Trinajstić information content (AvgIpc) is 3.45. The summed E-state index contributed by atoms with van der Waals surface area (Å²) in [5.41, 5.74) is 11.0. The second-order valence-corrected chi connectivity index (χ2v) is 12.5. The molecule has 0 radical (unpaired) electrons. The maximum atomic E-state index is 6.63. The molecule has 0 saturated heterocycles. The zero-order valence-corrected chi connectivity index (χ0v) is 23.4. The lowest BCUT2D eigenvalue weighted by atomic mass is 9.88. The normalized spacial score (nSPS) is 12.4. The van der Waals surface area contributed by atoms with Crippen molar-refractivity contribution < 1.29 is 4.42 Å². The lowest BCUT2D eigenvalue weighted by Gasteiger charge is -2.18. The van der Waals surface area contributed by atoms with E-state index in [0.29, 0.717) is 5.92 Å². The summed E-state index contributed by atoms with van der Waals surface area (Å²) in [6.45, 7) is 15.5. The van der Waals surface area contributed by atoms with Crippen molar-refractivity contribution in [3.05, 3.63) is 82.5 Å². The van der Waals surface area contributed by atoms with Gasteiger partial charge in [-0.05, 0) is 66.3 Å². The molecule has 0 amide bonds. The first kappa shape index (κ1) is 23.9. The van der Waals surface area contributed by atoms with Crippen LogP contribution in [-0.2, 0) is 5.41 Å². The Kier molecular flexibility index (Phi) is 5.50. The van der Waals surface area contributed by atoms with Crippen LogP contribution in [0.5, 0.6) is 0 Å². The van der Waals surface area contributed by atoms with Crippen LogP contribution in [0.3, 0.4) is 0 Å². The number of para-hydroxylation sites is 1. The maximum absolute atomic E-state index is 6.63. The van der Waals surface area contributed by atoms with Gasteiger partial charge in [-0.15, -0.1) is 11.3 Å². The van der Waals surface area contributed by atoms with Crippen LogP contribution >= 0.6 is 11.3 Å². The third-order valence-corrected chi connectivity index (χ3v) is 8.70. The molecule has 0 saturated carbocycles. The first-order valence-electron chi connectivity index (χ1n) is 13.0. The smallest absolute Gasteiger partial charge is 0.162 e. The number of furan rings is 1. The Morgan fingerprint density at radius 1 is 0.838 bits per heavy atom. The first-order valence-corrected chi connectivity index (χ1v) is 13.8. The minimum absolute atomic E-state index is 0.00155. The molecular formula is C33H32N2OS. The molecule has 3 heterocycles. The second-order valence-electron chi connectivity index (χ2n) is 11.4. The lowest BCUT2D eigenvalue weighted by molar-refractivity contribution is 0.586. The van der Waals surface area contributed by atoms with Gasteiger partial charge in [-0.1, -0.05) is 65.0 Å². The number of hydrogen-bond acceptors (Lipinski definition) is 4. The Morgan fingerprint density at radius 3 is 2.24 bits per heavy atom. The summed E-state index contributed by atoms with van der Waals surface area (Å²) >= 11 is 1.75. The molecule has 0 aliphatic rings. The van der Waals surface area contributed by atoms with Crippen molar-refractivity contribution in [2.75, 3.05) is 0 Å². The Labute approximate surface area is 222 Å². The van der Waals surface area contributed by atoms with Crippen LogP contribution in [0.25, 0.3) is 54.5 Å². The quantitative estimate of drug-likeness (QED) is 0.241. The van der Waals surface area contributed by atoms with E-state index in [1.807, 2.05) is 0 Å². The van der Waals surface area contributed by atoms with Gasteiger partial charge in [-0.2, -0.15) is 0 Å². The summed E-state index contributed by atoms with van der Waals surface area (Å²) in [6.07, 6.45) is 2.05. The highest BCUT2D eigenvalue weighted by molar-refractivity contribution is 7.18. The van der Waals surface area contributed by atoms with Crippen LogP contribution in [0.15, 0.2) is 65.2 Å². The molecule has 6 aromatic rings. The predicted octanol–water partition coefficient (Wildman–Crippen LogP) is 9.96. The van der Waals surface area contributed by atoms with E-state index in [9.17, 15) is 0 Å². The molecule has 186 valence electrons. The van der Waals surface area contributed by atoms with Crippen LogP contribution in [0, 0.1) is 13.8 Å². The molecule has 0 unspecified atom stereocenters. The summed E-state index contributed by atoms with van der Waals surface area (Å²) in [7, 11) is 0. The minimum Gasteiger partial charge on any atom is -0.453 e. The molecule has 6 rings (SSSR count). The van der Waals surface area contributed by atoms with E-state index in [1.54, 1.807) is 11.3 Å². The molecule has 4 heteroatoms. The van der Waals surface area contributed by atoms with Gasteiger partial charge in [0.2, 0.25) is 0 Å². The van der Waals surface area contributed by atoms with Crippen LogP contribution < -0.4 is 0 Å². The fraction of sp³-hybridized carbons (Fsp3) is 0.273. The van der Waals surface area contributed by atoms with Crippen LogP contribution in [-0.4, -0.2) is 9.97 Å². The molecule has 3 aromatic carbocycles. The first-order chi connectivity index (χ1) is 17.6. The van der Waals surface area contributed by atoms with Crippen molar-refractivity contribution in [3.8, 4) is 22.4 Å². The molecule has 0 fully saturated rings. The van der Waals surface area contributed by atoms with Gasteiger partial charge >= 0.3 is 0 Å². The highest BCUT2D eigenvalue weighted by Gasteiger charge is 2.23. The standard InChI is InChI=1S/C33H32N2OS/c1-18(2)24-16-26(34-17-25(24)28-19(3)10-8-11-20(28)4)23-13-9-12-21-22-14-15-27-29(31(22)36-30(21)23)35-32(37-27)33(5,6)7/h8-18H,1-7H3. The number of hydrogen-bond donors (Lipinski definition) is 0. The second kappa shape index (κ2) is 8.53. The van der Waals surface area contributed by atoms with Crippen molar-refractivity contribution in [1.82, 2.24) is 9.97 Å². The van der Waals surface area contributed by atoms with Gasteiger partial charge < -0.3 is 4.42 Å². The molecule has 0 aliphatic heterocycles. The van der Waals surface area contributed by atoms with Gasteiger partial charge in [-0.3, -0.25) is 4.98 Å². The monoisotopic (exact) mass is 504 g/mol. The molecule has 0 atom stereocenters. The molecule has 0 aliphatic carbocycles. The molecule has 3 nitrogen and oxygen atoms in total. The lowest BCUT2D eigenvalue weighted by Crippen LogP contribution is -2.09. The van der Waals surface area contributed by atoms with Gasteiger partial charge in [0.1, 0.15) is 11.1 Å². The third kappa shape index (κ3) is 3.86. The Hall–Kier alpha value is -3.50. The van der Waals surface area contributed by atoms with Gasteiger partial charge in [0.15, 0.2) is 5.58 Å². The van der Waals surface area contributed by atoms with Crippen molar-refractivity contribution in [1.29, 1.82) is 0 Å². The number of rotatable bonds is 3. The van der Waals surface area contributed by atoms with Gasteiger partial charge in [0.05, 0.1) is 15.4 Å².